The molecule has 7 heteroatoms. The van der Waals surface area contributed by atoms with Gasteiger partial charge in [-0.25, -0.2) is 9.07 Å². The quantitative estimate of drug-likeness (QED) is 0.727. The van der Waals surface area contributed by atoms with Crippen molar-refractivity contribution < 1.29 is 4.39 Å². The van der Waals surface area contributed by atoms with E-state index in [9.17, 15) is 4.39 Å². The summed E-state index contributed by atoms with van der Waals surface area (Å²) in [6.07, 6.45) is 3.41. The lowest BCUT2D eigenvalue weighted by Gasteiger charge is -2.12. The van der Waals surface area contributed by atoms with Crippen molar-refractivity contribution in [2.75, 3.05) is 0 Å². The van der Waals surface area contributed by atoms with E-state index in [1.807, 2.05) is 30.3 Å². The Bertz CT molecular complexity index is 884. The zero-order chi connectivity index (χ0) is 16.1. The summed E-state index contributed by atoms with van der Waals surface area (Å²) in [5.74, 6) is 0.822. The minimum absolute atomic E-state index is 0.114. The van der Waals surface area contributed by atoms with E-state index in [-0.39, 0.29) is 6.04 Å². The number of hydrogen-bond acceptors (Lipinski definition) is 4. The molecule has 2 aromatic heterocycles. The van der Waals surface area contributed by atoms with Crippen LogP contribution in [0.15, 0.2) is 30.3 Å². The van der Waals surface area contributed by atoms with Crippen molar-refractivity contribution in [3.8, 4) is 5.95 Å². The van der Waals surface area contributed by atoms with E-state index < -0.39 is 6.17 Å². The summed E-state index contributed by atoms with van der Waals surface area (Å²) >= 11 is 0. The summed E-state index contributed by atoms with van der Waals surface area (Å²) in [6.45, 7) is 0. The van der Waals surface area contributed by atoms with E-state index >= 15 is 0 Å². The van der Waals surface area contributed by atoms with Gasteiger partial charge in [-0.05, 0) is 31.2 Å². The van der Waals surface area contributed by atoms with Gasteiger partial charge in [0.15, 0.2) is 12.0 Å². The highest BCUT2D eigenvalue weighted by atomic mass is 19.1. The molecular weight excluding hydrogens is 307 g/mol. The Hall–Kier alpha value is -2.57. The molecule has 3 heterocycles. The molecule has 3 aromatic rings. The number of benzene rings is 1. The second kappa shape index (κ2) is 5.22. The number of fused-ring (bicyclic) bond motifs is 2. The molecule has 0 radical (unpaired) electrons. The minimum atomic E-state index is -1.10. The van der Waals surface area contributed by atoms with Gasteiger partial charge in [0.05, 0.1) is 17.4 Å². The Morgan fingerprint density at radius 1 is 1.08 bits per heavy atom. The van der Waals surface area contributed by atoms with Crippen molar-refractivity contribution >= 4 is 0 Å². The maximum absolute atomic E-state index is 14.5. The summed E-state index contributed by atoms with van der Waals surface area (Å²) in [7, 11) is 0. The number of halogens is 1. The number of nitrogens with zero attached hydrogens (tertiary/aromatic N) is 6. The molecule has 0 bridgehead atoms. The van der Waals surface area contributed by atoms with Crippen molar-refractivity contribution in [3.63, 3.8) is 0 Å². The molecule has 0 saturated heterocycles. The summed E-state index contributed by atoms with van der Waals surface area (Å²) in [6, 6.07) is 9.78. The molecule has 2 atom stereocenters. The third-order valence-electron chi connectivity index (χ3n) is 4.95. The molecule has 1 aliphatic carbocycles. The first-order chi connectivity index (χ1) is 11.8. The SMILES string of the molecule is F[C@H]1C[C@@H](c2ccccc2)n2nc(-n3nnc4c3CCCC4)nc21. The highest BCUT2D eigenvalue weighted by molar-refractivity contribution is 5.27. The van der Waals surface area contributed by atoms with Gasteiger partial charge in [0.2, 0.25) is 0 Å². The molecule has 0 saturated carbocycles. The third kappa shape index (κ3) is 2.00. The first-order valence-electron chi connectivity index (χ1n) is 8.40. The summed E-state index contributed by atoms with van der Waals surface area (Å²) in [5.41, 5.74) is 3.14. The van der Waals surface area contributed by atoms with E-state index in [1.54, 1.807) is 9.36 Å². The van der Waals surface area contributed by atoms with Crippen LogP contribution in [0.1, 0.15) is 54.3 Å². The average Bonchev–Trinajstić information content (AvgIpc) is 3.30. The molecule has 0 amide bonds. The van der Waals surface area contributed by atoms with Crippen molar-refractivity contribution in [2.45, 2.75) is 44.3 Å². The predicted molar refractivity (Wildman–Crippen MR) is 84.6 cm³/mol. The first kappa shape index (κ1) is 13.8. The Kier molecular flexibility index (Phi) is 3.01. The van der Waals surface area contributed by atoms with Crippen molar-refractivity contribution in [3.05, 3.63) is 53.1 Å². The molecular formula is C17H17FN6. The van der Waals surface area contributed by atoms with Crippen LogP contribution < -0.4 is 0 Å². The lowest BCUT2D eigenvalue weighted by atomic mass is 10.0. The molecule has 0 unspecified atom stereocenters. The van der Waals surface area contributed by atoms with Crippen LogP contribution in [0.2, 0.25) is 0 Å². The topological polar surface area (TPSA) is 61.4 Å². The molecule has 122 valence electrons. The average molecular weight is 324 g/mol. The molecule has 2 aliphatic rings. The largest absolute Gasteiger partial charge is 0.271 e. The van der Waals surface area contributed by atoms with E-state index in [0.29, 0.717) is 18.2 Å². The van der Waals surface area contributed by atoms with Crippen molar-refractivity contribution in [1.82, 2.24) is 29.8 Å². The summed E-state index contributed by atoms with van der Waals surface area (Å²) in [4.78, 5) is 4.44. The van der Waals surface area contributed by atoms with Gasteiger partial charge >= 0.3 is 0 Å². The molecule has 0 N–H and O–H groups in total. The second-order valence-corrected chi connectivity index (χ2v) is 6.45. The minimum Gasteiger partial charge on any atom is -0.239 e. The molecule has 0 spiro atoms. The van der Waals surface area contributed by atoms with Gasteiger partial charge in [-0.3, -0.25) is 0 Å². The van der Waals surface area contributed by atoms with Crippen LogP contribution in [-0.2, 0) is 12.8 Å². The van der Waals surface area contributed by atoms with Crippen LogP contribution in [0.5, 0.6) is 0 Å². The smallest absolute Gasteiger partial charge is 0.239 e. The van der Waals surface area contributed by atoms with Gasteiger partial charge in [0.1, 0.15) is 0 Å². The number of alkyl halides is 1. The fourth-order valence-corrected chi connectivity index (χ4v) is 3.73. The standard InChI is InChI=1S/C17H17FN6/c18-12-10-15(11-6-2-1-3-7-11)23-16(12)19-17(21-23)24-14-9-5-4-8-13(14)20-22-24/h1-3,6-7,12,15H,4-5,8-10H2/t12-,15-/m0/s1. The van der Waals surface area contributed by atoms with Crippen LogP contribution in [0.4, 0.5) is 4.39 Å². The molecule has 0 fully saturated rings. The van der Waals surface area contributed by atoms with Crippen molar-refractivity contribution in [1.29, 1.82) is 0 Å². The van der Waals surface area contributed by atoms with E-state index in [2.05, 4.69) is 20.4 Å². The van der Waals surface area contributed by atoms with Crippen LogP contribution in [0.25, 0.3) is 5.95 Å². The Labute approximate surface area is 138 Å². The van der Waals surface area contributed by atoms with Crippen LogP contribution in [0, 0.1) is 0 Å². The Balaban J connectivity index is 1.58. The Morgan fingerprint density at radius 3 is 2.79 bits per heavy atom. The van der Waals surface area contributed by atoms with E-state index in [4.69, 9.17) is 0 Å². The van der Waals surface area contributed by atoms with Gasteiger partial charge in [-0.15, -0.1) is 10.2 Å². The fourth-order valence-electron chi connectivity index (χ4n) is 3.73. The highest BCUT2D eigenvalue weighted by Gasteiger charge is 2.36. The highest BCUT2D eigenvalue weighted by Crippen LogP contribution is 2.39. The normalized spacial score (nSPS) is 22.4. The van der Waals surface area contributed by atoms with Gasteiger partial charge in [-0.1, -0.05) is 35.5 Å². The summed E-state index contributed by atoms with van der Waals surface area (Å²) < 4.78 is 17.9. The van der Waals surface area contributed by atoms with Gasteiger partial charge in [-0.2, -0.15) is 9.67 Å². The maximum Gasteiger partial charge on any atom is 0.271 e. The Morgan fingerprint density at radius 2 is 1.92 bits per heavy atom. The molecule has 5 rings (SSSR count). The van der Waals surface area contributed by atoms with Gasteiger partial charge < -0.3 is 0 Å². The summed E-state index contributed by atoms with van der Waals surface area (Å²) in [5, 5.41) is 13.0. The van der Waals surface area contributed by atoms with Crippen LogP contribution in [0.3, 0.4) is 0 Å². The molecule has 1 aliphatic heterocycles. The first-order valence-corrected chi connectivity index (χ1v) is 8.40. The van der Waals surface area contributed by atoms with Crippen LogP contribution >= 0.6 is 0 Å². The maximum atomic E-state index is 14.5. The number of rotatable bonds is 2. The molecule has 24 heavy (non-hydrogen) atoms. The van der Waals surface area contributed by atoms with Gasteiger partial charge in [0.25, 0.3) is 5.95 Å². The number of hydrogen-bond donors (Lipinski definition) is 0. The predicted octanol–water partition coefficient (Wildman–Crippen LogP) is 2.74. The number of aryl methyl sites for hydroxylation is 1. The lowest BCUT2D eigenvalue weighted by Crippen LogP contribution is -2.11. The zero-order valence-electron chi connectivity index (χ0n) is 13.1. The van der Waals surface area contributed by atoms with E-state index in [0.717, 1.165) is 42.6 Å². The van der Waals surface area contributed by atoms with Crippen LogP contribution in [-0.4, -0.2) is 29.8 Å². The molecule has 6 nitrogen and oxygen atoms in total. The number of aromatic nitrogens is 6. The van der Waals surface area contributed by atoms with Crippen molar-refractivity contribution in [2.24, 2.45) is 0 Å². The zero-order valence-corrected chi connectivity index (χ0v) is 13.1. The monoisotopic (exact) mass is 324 g/mol. The van der Waals surface area contributed by atoms with Gasteiger partial charge in [0, 0.05) is 6.42 Å². The molecule has 1 aromatic carbocycles. The third-order valence-corrected chi connectivity index (χ3v) is 4.95. The second-order valence-electron chi connectivity index (χ2n) is 6.45. The lowest BCUT2D eigenvalue weighted by molar-refractivity contribution is 0.328. The fraction of sp³-hybridized carbons (Fsp3) is 0.412. The van der Waals surface area contributed by atoms with E-state index in [1.165, 1.54) is 0 Å².